The summed E-state index contributed by atoms with van der Waals surface area (Å²) in [5.41, 5.74) is 0.472. The molecule has 4 heteroatoms. The fourth-order valence-corrected chi connectivity index (χ4v) is 2.25. The largest absolute Gasteiger partial charge is 0.293 e. The molecule has 1 aromatic rings. The maximum Gasteiger partial charge on any atom is 0.180 e. The van der Waals surface area contributed by atoms with Crippen LogP contribution in [0.15, 0.2) is 22.7 Å². The summed E-state index contributed by atoms with van der Waals surface area (Å²) >= 11 is 9.13. The standard InChI is InChI=1S/C12H11BrClNO/c1-7(2)11(6-15)12(16)8-3-9(13)5-10(14)4-8/h3-5,7,11H,1-2H3. The smallest absolute Gasteiger partial charge is 0.180 e. The number of hydrogen-bond donors (Lipinski definition) is 0. The van der Waals surface area contributed by atoms with E-state index in [0.717, 1.165) is 4.47 Å². The minimum absolute atomic E-state index is 0.00439. The van der Waals surface area contributed by atoms with Crippen LogP contribution in [0.2, 0.25) is 5.02 Å². The summed E-state index contributed by atoms with van der Waals surface area (Å²) < 4.78 is 0.740. The number of ketones is 1. The van der Waals surface area contributed by atoms with Crippen LogP contribution in [0.3, 0.4) is 0 Å². The van der Waals surface area contributed by atoms with Gasteiger partial charge in [-0.15, -0.1) is 0 Å². The van der Waals surface area contributed by atoms with Crippen molar-refractivity contribution in [2.24, 2.45) is 11.8 Å². The van der Waals surface area contributed by atoms with Gasteiger partial charge in [-0.1, -0.05) is 41.4 Å². The highest BCUT2D eigenvalue weighted by Crippen LogP contribution is 2.23. The molecule has 0 fully saturated rings. The third kappa shape index (κ3) is 3.07. The topological polar surface area (TPSA) is 40.9 Å². The zero-order valence-corrected chi connectivity index (χ0v) is 11.3. The summed E-state index contributed by atoms with van der Waals surface area (Å²) in [6, 6.07) is 7.00. The molecule has 1 aromatic carbocycles. The van der Waals surface area contributed by atoms with Crippen LogP contribution in [0.25, 0.3) is 0 Å². The van der Waals surface area contributed by atoms with Gasteiger partial charge in [0.2, 0.25) is 0 Å². The average Bonchev–Trinajstić information content (AvgIpc) is 2.16. The van der Waals surface area contributed by atoms with Gasteiger partial charge in [-0.25, -0.2) is 0 Å². The van der Waals surface area contributed by atoms with Crippen LogP contribution >= 0.6 is 27.5 Å². The normalized spacial score (nSPS) is 12.2. The van der Waals surface area contributed by atoms with Crippen LogP contribution < -0.4 is 0 Å². The van der Waals surface area contributed by atoms with Gasteiger partial charge in [0.25, 0.3) is 0 Å². The Kier molecular flexibility index (Phi) is 4.52. The predicted octanol–water partition coefficient (Wildman–Crippen LogP) is 4.08. The van der Waals surface area contributed by atoms with Crippen LogP contribution in [-0.4, -0.2) is 5.78 Å². The van der Waals surface area contributed by atoms with Gasteiger partial charge in [-0.3, -0.25) is 4.79 Å². The highest BCUT2D eigenvalue weighted by atomic mass is 79.9. The Hall–Kier alpha value is -0.850. The van der Waals surface area contributed by atoms with Crippen molar-refractivity contribution in [3.63, 3.8) is 0 Å². The van der Waals surface area contributed by atoms with Gasteiger partial charge in [-0.2, -0.15) is 5.26 Å². The van der Waals surface area contributed by atoms with E-state index in [2.05, 4.69) is 15.9 Å². The molecular formula is C12H11BrClNO. The van der Waals surface area contributed by atoms with Crippen LogP contribution in [0.5, 0.6) is 0 Å². The lowest BCUT2D eigenvalue weighted by atomic mass is 9.89. The molecule has 0 heterocycles. The van der Waals surface area contributed by atoms with Crippen LogP contribution in [0.4, 0.5) is 0 Å². The van der Waals surface area contributed by atoms with Gasteiger partial charge in [0.05, 0.1) is 6.07 Å². The van der Waals surface area contributed by atoms with E-state index in [0.29, 0.717) is 10.6 Å². The van der Waals surface area contributed by atoms with Gasteiger partial charge < -0.3 is 0 Å². The Labute approximate surface area is 108 Å². The number of nitrogens with zero attached hydrogens (tertiary/aromatic N) is 1. The second-order valence-corrected chi connectivity index (χ2v) is 5.23. The number of benzene rings is 1. The zero-order valence-electron chi connectivity index (χ0n) is 9.00. The molecule has 2 nitrogen and oxygen atoms in total. The molecule has 0 saturated heterocycles. The second kappa shape index (κ2) is 5.47. The van der Waals surface area contributed by atoms with E-state index in [1.165, 1.54) is 0 Å². The zero-order chi connectivity index (χ0) is 12.3. The van der Waals surface area contributed by atoms with E-state index in [9.17, 15) is 4.79 Å². The summed E-state index contributed by atoms with van der Waals surface area (Å²) in [6.45, 7) is 3.71. The SMILES string of the molecule is CC(C)C(C#N)C(=O)c1cc(Cl)cc(Br)c1. The van der Waals surface area contributed by atoms with Crippen LogP contribution in [0, 0.1) is 23.2 Å². The Morgan fingerprint density at radius 1 is 1.44 bits per heavy atom. The molecule has 0 spiro atoms. The van der Waals surface area contributed by atoms with E-state index in [4.69, 9.17) is 16.9 Å². The lowest BCUT2D eigenvalue weighted by molar-refractivity contribution is 0.0924. The number of halogens is 2. The number of carbonyl (C=O) groups excluding carboxylic acids is 1. The third-order valence-electron chi connectivity index (χ3n) is 2.24. The third-order valence-corrected chi connectivity index (χ3v) is 2.91. The molecule has 0 aliphatic heterocycles. The summed E-state index contributed by atoms with van der Waals surface area (Å²) in [5, 5.41) is 9.44. The fraction of sp³-hybridized carbons (Fsp3) is 0.333. The molecule has 0 aliphatic rings. The van der Waals surface area contributed by atoms with E-state index >= 15 is 0 Å². The van der Waals surface area contributed by atoms with E-state index in [-0.39, 0.29) is 11.7 Å². The first kappa shape index (κ1) is 13.2. The highest BCUT2D eigenvalue weighted by Gasteiger charge is 2.23. The van der Waals surface area contributed by atoms with Crippen LogP contribution in [0.1, 0.15) is 24.2 Å². The van der Waals surface area contributed by atoms with E-state index < -0.39 is 5.92 Å². The Balaban J connectivity index is 3.09. The Morgan fingerprint density at radius 3 is 2.50 bits per heavy atom. The summed E-state index contributed by atoms with van der Waals surface area (Å²) in [7, 11) is 0. The first-order valence-electron chi connectivity index (χ1n) is 4.85. The number of hydrogen-bond acceptors (Lipinski definition) is 2. The second-order valence-electron chi connectivity index (χ2n) is 3.87. The molecule has 84 valence electrons. The number of nitriles is 1. The minimum atomic E-state index is -0.620. The first-order chi connectivity index (χ1) is 7.45. The molecule has 16 heavy (non-hydrogen) atoms. The van der Waals surface area contributed by atoms with Gasteiger partial charge >= 0.3 is 0 Å². The lowest BCUT2D eigenvalue weighted by Crippen LogP contribution is -2.18. The lowest BCUT2D eigenvalue weighted by Gasteiger charge is -2.12. The molecule has 0 bridgehead atoms. The maximum atomic E-state index is 12.0. The Morgan fingerprint density at radius 2 is 2.06 bits per heavy atom. The van der Waals surface area contributed by atoms with Crippen molar-refractivity contribution in [1.29, 1.82) is 5.26 Å². The van der Waals surface area contributed by atoms with Crippen molar-refractivity contribution in [3.05, 3.63) is 33.3 Å². The van der Waals surface area contributed by atoms with E-state index in [1.807, 2.05) is 19.9 Å². The van der Waals surface area contributed by atoms with Crippen molar-refractivity contribution >= 4 is 33.3 Å². The van der Waals surface area contributed by atoms with Crippen LogP contribution in [-0.2, 0) is 0 Å². The van der Waals surface area contributed by atoms with Gasteiger partial charge in [0.15, 0.2) is 5.78 Å². The molecule has 1 unspecified atom stereocenters. The molecule has 0 radical (unpaired) electrons. The number of Topliss-reactive ketones (excluding diaryl/α,β-unsaturated/α-hetero) is 1. The average molecular weight is 301 g/mol. The van der Waals surface area contributed by atoms with Gasteiger partial charge in [0.1, 0.15) is 5.92 Å². The van der Waals surface area contributed by atoms with Crippen molar-refractivity contribution in [3.8, 4) is 6.07 Å². The maximum absolute atomic E-state index is 12.0. The molecular weight excluding hydrogens is 289 g/mol. The quantitative estimate of drug-likeness (QED) is 0.789. The number of carbonyl (C=O) groups is 1. The van der Waals surface area contributed by atoms with Crippen molar-refractivity contribution in [2.45, 2.75) is 13.8 Å². The molecule has 0 N–H and O–H groups in total. The van der Waals surface area contributed by atoms with Crippen molar-refractivity contribution in [2.75, 3.05) is 0 Å². The molecule has 0 aliphatic carbocycles. The van der Waals surface area contributed by atoms with E-state index in [1.54, 1.807) is 18.2 Å². The van der Waals surface area contributed by atoms with Crippen molar-refractivity contribution < 1.29 is 4.79 Å². The molecule has 1 atom stereocenters. The molecule has 0 aromatic heterocycles. The summed E-state index contributed by atoms with van der Waals surface area (Å²) in [5.74, 6) is -0.804. The molecule has 1 rings (SSSR count). The first-order valence-corrected chi connectivity index (χ1v) is 6.02. The highest BCUT2D eigenvalue weighted by molar-refractivity contribution is 9.10. The minimum Gasteiger partial charge on any atom is -0.293 e. The molecule has 0 amide bonds. The number of rotatable bonds is 3. The molecule has 0 saturated carbocycles. The summed E-state index contributed by atoms with van der Waals surface area (Å²) in [6.07, 6.45) is 0. The predicted molar refractivity (Wildman–Crippen MR) is 67.4 cm³/mol. The monoisotopic (exact) mass is 299 g/mol. The van der Waals surface area contributed by atoms with Gasteiger partial charge in [0, 0.05) is 15.1 Å². The van der Waals surface area contributed by atoms with Crippen molar-refractivity contribution in [1.82, 2.24) is 0 Å². The fourth-order valence-electron chi connectivity index (χ4n) is 1.39. The Bertz CT molecular complexity index is 431. The summed E-state index contributed by atoms with van der Waals surface area (Å²) in [4.78, 5) is 12.0. The van der Waals surface area contributed by atoms with Gasteiger partial charge in [-0.05, 0) is 24.1 Å².